The first-order valence-corrected chi connectivity index (χ1v) is 7.00. The highest BCUT2D eigenvalue weighted by atomic mass is 16.5. The molecule has 0 atom stereocenters. The fourth-order valence-electron chi connectivity index (χ4n) is 1.98. The van der Waals surface area contributed by atoms with Gasteiger partial charge in [-0.1, -0.05) is 6.92 Å². The van der Waals surface area contributed by atoms with Crippen molar-refractivity contribution in [1.82, 2.24) is 0 Å². The predicted molar refractivity (Wildman–Crippen MR) is 86.4 cm³/mol. The number of carbonyl (C=O) groups is 1. The van der Waals surface area contributed by atoms with Crippen molar-refractivity contribution in [2.24, 2.45) is 0 Å². The van der Waals surface area contributed by atoms with Gasteiger partial charge in [0.2, 0.25) is 0 Å². The first-order valence-electron chi connectivity index (χ1n) is 7.00. The van der Waals surface area contributed by atoms with Crippen molar-refractivity contribution in [3.63, 3.8) is 0 Å². The second kappa shape index (κ2) is 6.79. The number of nitrogens with two attached hydrogens (primary N) is 1. The van der Waals surface area contributed by atoms with Gasteiger partial charge in [-0.25, -0.2) is 0 Å². The number of benzene rings is 2. The molecule has 4 heteroatoms. The normalized spacial score (nSPS) is 10.2. The van der Waals surface area contributed by atoms with Crippen molar-refractivity contribution in [2.75, 3.05) is 17.7 Å². The highest BCUT2D eigenvalue weighted by molar-refractivity contribution is 5.99. The smallest absolute Gasteiger partial charge is 0.161 e. The zero-order chi connectivity index (χ0) is 15.2. The second-order valence-electron chi connectivity index (χ2n) is 4.86. The van der Waals surface area contributed by atoms with Crippen molar-refractivity contribution in [3.05, 3.63) is 48.0 Å². The van der Waals surface area contributed by atoms with Gasteiger partial charge < -0.3 is 15.8 Å². The third kappa shape index (κ3) is 3.99. The Labute approximate surface area is 124 Å². The van der Waals surface area contributed by atoms with Crippen LogP contribution in [0.3, 0.4) is 0 Å². The highest BCUT2D eigenvalue weighted by Gasteiger charge is 2.05. The van der Waals surface area contributed by atoms with Gasteiger partial charge in [-0.15, -0.1) is 0 Å². The van der Waals surface area contributed by atoms with E-state index in [-0.39, 0.29) is 5.78 Å². The molecule has 0 fully saturated rings. The molecule has 0 aromatic heterocycles. The number of ether oxygens (including phenoxy) is 1. The van der Waals surface area contributed by atoms with Crippen LogP contribution in [-0.2, 0) is 0 Å². The Hall–Kier alpha value is -2.49. The monoisotopic (exact) mass is 284 g/mol. The third-order valence-electron chi connectivity index (χ3n) is 3.05. The standard InChI is InChI=1S/C17H20N2O2/c1-3-10-21-15-7-4-13(5-8-15)19-14-6-9-16(12(2)20)17(18)11-14/h4-9,11,19H,3,10,18H2,1-2H3. The summed E-state index contributed by atoms with van der Waals surface area (Å²) in [4.78, 5) is 11.3. The molecule has 0 saturated heterocycles. The third-order valence-corrected chi connectivity index (χ3v) is 3.05. The number of rotatable bonds is 6. The van der Waals surface area contributed by atoms with Gasteiger partial charge in [-0.05, 0) is 55.8 Å². The van der Waals surface area contributed by atoms with Gasteiger partial charge in [0.15, 0.2) is 5.78 Å². The maximum Gasteiger partial charge on any atom is 0.161 e. The van der Waals surface area contributed by atoms with Crippen LogP contribution in [0.4, 0.5) is 17.1 Å². The summed E-state index contributed by atoms with van der Waals surface area (Å²) < 4.78 is 5.54. The molecule has 0 aliphatic carbocycles. The van der Waals surface area contributed by atoms with Crippen LogP contribution in [-0.4, -0.2) is 12.4 Å². The quantitative estimate of drug-likeness (QED) is 0.621. The largest absolute Gasteiger partial charge is 0.494 e. The fourth-order valence-corrected chi connectivity index (χ4v) is 1.98. The lowest BCUT2D eigenvalue weighted by Gasteiger charge is -2.10. The first-order chi connectivity index (χ1) is 10.1. The highest BCUT2D eigenvalue weighted by Crippen LogP contribution is 2.23. The van der Waals surface area contributed by atoms with E-state index in [0.29, 0.717) is 11.3 Å². The molecule has 0 bridgehead atoms. The van der Waals surface area contributed by atoms with Crippen LogP contribution in [0.5, 0.6) is 5.75 Å². The van der Waals surface area contributed by atoms with E-state index in [0.717, 1.165) is 30.2 Å². The van der Waals surface area contributed by atoms with Crippen LogP contribution in [0.15, 0.2) is 42.5 Å². The molecule has 110 valence electrons. The topological polar surface area (TPSA) is 64.3 Å². The maximum atomic E-state index is 11.3. The summed E-state index contributed by atoms with van der Waals surface area (Å²) in [7, 11) is 0. The molecule has 0 unspecified atom stereocenters. The average Bonchev–Trinajstić information content (AvgIpc) is 2.46. The Morgan fingerprint density at radius 2 is 1.81 bits per heavy atom. The second-order valence-corrected chi connectivity index (χ2v) is 4.86. The zero-order valence-electron chi connectivity index (χ0n) is 12.3. The molecule has 4 nitrogen and oxygen atoms in total. The summed E-state index contributed by atoms with van der Waals surface area (Å²) in [5.74, 6) is 0.824. The van der Waals surface area contributed by atoms with Crippen molar-refractivity contribution in [3.8, 4) is 5.75 Å². The minimum Gasteiger partial charge on any atom is -0.494 e. The molecule has 0 amide bonds. The van der Waals surface area contributed by atoms with Crippen molar-refractivity contribution in [1.29, 1.82) is 0 Å². The van der Waals surface area contributed by atoms with E-state index in [1.165, 1.54) is 6.92 Å². The molecule has 21 heavy (non-hydrogen) atoms. The van der Waals surface area contributed by atoms with Crippen LogP contribution in [0, 0.1) is 0 Å². The molecule has 0 saturated carbocycles. The summed E-state index contributed by atoms with van der Waals surface area (Å²) in [6.45, 7) is 4.30. The molecule has 0 aliphatic heterocycles. The van der Waals surface area contributed by atoms with E-state index in [4.69, 9.17) is 10.5 Å². The van der Waals surface area contributed by atoms with Gasteiger partial charge in [-0.2, -0.15) is 0 Å². The predicted octanol–water partition coefficient (Wildman–Crippen LogP) is 4.00. The Bertz CT molecular complexity index is 621. The van der Waals surface area contributed by atoms with E-state index < -0.39 is 0 Å². The van der Waals surface area contributed by atoms with E-state index in [1.54, 1.807) is 12.1 Å². The molecule has 0 radical (unpaired) electrons. The number of carbonyl (C=O) groups excluding carboxylic acids is 1. The summed E-state index contributed by atoms with van der Waals surface area (Å²) in [5.41, 5.74) is 8.69. The lowest BCUT2D eigenvalue weighted by molar-refractivity contribution is 0.101. The lowest BCUT2D eigenvalue weighted by atomic mass is 10.1. The summed E-state index contributed by atoms with van der Waals surface area (Å²) in [6, 6.07) is 13.1. The van der Waals surface area contributed by atoms with Crippen molar-refractivity contribution >= 4 is 22.8 Å². The number of anilines is 3. The molecule has 0 aliphatic rings. The molecule has 2 aromatic rings. The molecule has 3 N–H and O–H groups in total. The van der Waals surface area contributed by atoms with Crippen LogP contribution >= 0.6 is 0 Å². The number of ketones is 1. The van der Waals surface area contributed by atoms with Gasteiger partial charge in [0.25, 0.3) is 0 Å². The van der Waals surface area contributed by atoms with Crippen LogP contribution in [0.1, 0.15) is 30.6 Å². The fraction of sp³-hybridized carbons (Fsp3) is 0.235. The lowest BCUT2D eigenvalue weighted by Crippen LogP contribution is -2.01. The SMILES string of the molecule is CCCOc1ccc(Nc2ccc(C(C)=O)c(N)c2)cc1. The zero-order valence-corrected chi connectivity index (χ0v) is 12.3. The molecular formula is C17H20N2O2. The summed E-state index contributed by atoms with van der Waals surface area (Å²) >= 11 is 0. The van der Waals surface area contributed by atoms with Gasteiger partial charge >= 0.3 is 0 Å². The number of hydrogen-bond donors (Lipinski definition) is 2. The van der Waals surface area contributed by atoms with Gasteiger partial charge in [0.05, 0.1) is 6.61 Å². The maximum absolute atomic E-state index is 11.3. The molecular weight excluding hydrogens is 264 g/mol. The average molecular weight is 284 g/mol. The van der Waals surface area contributed by atoms with Crippen molar-refractivity contribution < 1.29 is 9.53 Å². The van der Waals surface area contributed by atoms with Gasteiger partial charge in [0.1, 0.15) is 5.75 Å². The summed E-state index contributed by atoms with van der Waals surface area (Å²) in [5, 5.41) is 3.25. The number of nitrogen functional groups attached to an aromatic ring is 1. The Balaban J connectivity index is 2.07. The van der Waals surface area contributed by atoms with E-state index >= 15 is 0 Å². The van der Waals surface area contributed by atoms with Crippen molar-refractivity contribution in [2.45, 2.75) is 20.3 Å². The number of Topliss-reactive ketones (excluding diaryl/α,β-unsaturated/α-hetero) is 1. The van der Waals surface area contributed by atoms with E-state index in [9.17, 15) is 4.79 Å². The number of nitrogens with one attached hydrogen (secondary N) is 1. The van der Waals surface area contributed by atoms with E-state index in [1.807, 2.05) is 30.3 Å². The minimum absolute atomic E-state index is 0.0310. The van der Waals surface area contributed by atoms with E-state index in [2.05, 4.69) is 12.2 Å². The molecule has 2 aromatic carbocycles. The molecule has 0 heterocycles. The Morgan fingerprint density at radius 3 is 2.38 bits per heavy atom. The van der Waals surface area contributed by atoms with Crippen LogP contribution < -0.4 is 15.8 Å². The Morgan fingerprint density at radius 1 is 1.14 bits per heavy atom. The molecule has 2 rings (SSSR count). The van der Waals surface area contributed by atoms with Gasteiger partial charge in [0, 0.05) is 22.6 Å². The van der Waals surface area contributed by atoms with Crippen LogP contribution in [0.25, 0.3) is 0 Å². The molecule has 0 spiro atoms. The minimum atomic E-state index is -0.0310. The summed E-state index contributed by atoms with van der Waals surface area (Å²) in [6.07, 6.45) is 0.988. The van der Waals surface area contributed by atoms with Gasteiger partial charge in [-0.3, -0.25) is 4.79 Å². The number of hydrogen-bond acceptors (Lipinski definition) is 4. The first kappa shape index (κ1) is 14.9. The Kier molecular flexibility index (Phi) is 4.82. The van der Waals surface area contributed by atoms with Crippen LogP contribution in [0.2, 0.25) is 0 Å².